The second-order valence-corrected chi connectivity index (χ2v) is 6.85. The third kappa shape index (κ3) is 3.71. The quantitative estimate of drug-likeness (QED) is 0.896. The molecule has 1 aliphatic carbocycles. The number of hydrogen-bond donors (Lipinski definition) is 1. The Morgan fingerprint density at radius 3 is 2.71 bits per heavy atom. The van der Waals surface area contributed by atoms with Crippen LogP contribution in [0.2, 0.25) is 10.0 Å². The number of nitrogens with zero attached hydrogens (tertiary/aromatic N) is 1. The van der Waals surface area contributed by atoms with Gasteiger partial charge < -0.3 is 10.2 Å². The lowest BCUT2D eigenvalue weighted by Gasteiger charge is -2.29. The zero-order valence-corrected chi connectivity index (χ0v) is 13.5. The topological polar surface area (TPSA) is 32.3 Å². The molecule has 0 aromatic heterocycles. The van der Waals surface area contributed by atoms with Crippen molar-refractivity contribution in [3.05, 3.63) is 33.8 Å². The molecule has 1 aliphatic heterocycles. The van der Waals surface area contributed by atoms with Crippen LogP contribution >= 0.6 is 23.2 Å². The highest BCUT2D eigenvalue weighted by atomic mass is 35.5. The first-order valence-corrected chi connectivity index (χ1v) is 8.37. The first kappa shape index (κ1) is 15.1. The van der Waals surface area contributed by atoms with Crippen molar-refractivity contribution in [1.82, 2.24) is 10.2 Å². The maximum absolute atomic E-state index is 12.9. The molecule has 1 heterocycles. The van der Waals surface area contributed by atoms with Gasteiger partial charge in [0, 0.05) is 24.2 Å². The van der Waals surface area contributed by atoms with E-state index in [1.54, 1.807) is 18.2 Å². The van der Waals surface area contributed by atoms with Gasteiger partial charge in [-0.1, -0.05) is 36.0 Å². The largest absolute Gasteiger partial charge is 0.334 e. The fraction of sp³-hybridized carbons (Fsp3) is 0.562. The van der Waals surface area contributed by atoms with Crippen LogP contribution in [-0.4, -0.2) is 36.5 Å². The minimum Gasteiger partial charge on any atom is -0.334 e. The number of rotatable bonds is 5. The molecule has 0 bridgehead atoms. The third-order valence-electron chi connectivity index (χ3n) is 4.37. The van der Waals surface area contributed by atoms with Crippen LogP contribution in [0.25, 0.3) is 0 Å². The molecule has 5 heteroatoms. The van der Waals surface area contributed by atoms with Crippen LogP contribution in [0.5, 0.6) is 0 Å². The first-order chi connectivity index (χ1) is 10.1. The van der Waals surface area contributed by atoms with E-state index in [4.69, 9.17) is 23.2 Å². The summed E-state index contributed by atoms with van der Waals surface area (Å²) in [6.07, 6.45) is 4.74. The number of amides is 1. The Labute approximate surface area is 135 Å². The van der Waals surface area contributed by atoms with Crippen molar-refractivity contribution < 1.29 is 4.79 Å². The van der Waals surface area contributed by atoms with Gasteiger partial charge in [0.25, 0.3) is 5.91 Å². The minimum absolute atomic E-state index is 0.0333. The summed E-state index contributed by atoms with van der Waals surface area (Å²) in [6, 6.07) is 5.39. The Bertz CT molecular complexity index is 525. The normalized spacial score (nSPS) is 21.5. The number of carbonyl (C=O) groups is 1. The van der Waals surface area contributed by atoms with E-state index in [9.17, 15) is 4.79 Å². The standard InChI is InChI=1S/C16H20Cl2N2O/c17-12-3-4-14(15(18)9-12)16(21)20(8-6-11-1-2-11)13-5-7-19-10-13/h3-4,9,11,13,19H,1-2,5-8,10H2. The smallest absolute Gasteiger partial charge is 0.255 e. The summed E-state index contributed by atoms with van der Waals surface area (Å²) >= 11 is 12.1. The van der Waals surface area contributed by atoms with Crippen molar-refractivity contribution in [3.63, 3.8) is 0 Å². The summed E-state index contributed by atoms with van der Waals surface area (Å²) in [5.74, 6) is 0.848. The summed E-state index contributed by atoms with van der Waals surface area (Å²) in [5.41, 5.74) is 0.559. The maximum atomic E-state index is 12.9. The Kier molecular flexibility index (Phi) is 4.72. The molecule has 2 aliphatic rings. The predicted molar refractivity (Wildman–Crippen MR) is 86.1 cm³/mol. The van der Waals surface area contributed by atoms with E-state index in [0.717, 1.165) is 38.4 Å². The molecule has 21 heavy (non-hydrogen) atoms. The van der Waals surface area contributed by atoms with Crippen molar-refractivity contribution in [2.24, 2.45) is 5.92 Å². The molecule has 1 atom stereocenters. The SMILES string of the molecule is O=C(c1ccc(Cl)cc1Cl)N(CCC1CC1)C1CCNC1. The van der Waals surface area contributed by atoms with Crippen LogP contribution in [-0.2, 0) is 0 Å². The van der Waals surface area contributed by atoms with Crippen LogP contribution < -0.4 is 5.32 Å². The first-order valence-electron chi connectivity index (χ1n) is 7.62. The average Bonchev–Trinajstić information content (AvgIpc) is 3.12. The van der Waals surface area contributed by atoms with Crippen LogP contribution in [0.15, 0.2) is 18.2 Å². The van der Waals surface area contributed by atoms with Crippen molar-refractivity contribution in [3.8, 4) is 0 Å². The lowest BCUT2D eigenvalue weighted by atomic mass is 10.1. The van der Waals surface area contributed by atoms with Gasteiger partial charge in [-0.25, -0.2) is 0 Å². The van der Waals surface area contributed by atoms with Crippen LogP contribution in [0.1, 0.15) is 36.0 Å². The van der Waals surface area contributed by atoms with Gasteiger partial charge >= 0.3 is 0 Å². The Morgan fingerprint density at radius 2 is 2.10 bits per heavy atom. The number of halogens is 2. The van der Waals surface area contributed by atoms with Crippen LogP contribution in [0.3, 0.4) is 0 Å². The van der Waals surface area contributed by atoms with E-state index in [-0.39, 0.29) is 11.9 Å². The van der Waals surface area contributed by atoms with Crippen molar-refractivity contribution >= 4 is 29.1 Å². The van der Waals surface area contributed by atoms with Gasteiger partial charge in [-0.2, -0.15) is 0 Å². The summed E-state index contributed by atoms with van der Waals surface area (Å²) in [7, 11) is 0. The molecule has 1 N–H and O–H groups in total. The van der Waals surface area contributed by atoms with E-state index in [0.29, 0.717) is 15.6 Å². The summed E-state index contributed by atoms with van der Waals surface area (Å²) in [4.78, 5) is 14.9. The highest BCUT2D eigenvalue weighted by Gasteiger charge is 2.30. The van der Waals surface area contributed by atoms with Crippen LogP contribution in [0, 0.1) is 5.92 Å². The fourth-order valence-corrected chi connectivity index (χ4v) is 3.39. The van der Waals surface area contributed by atoms with Gasteiger partial charge in [0.15, 0.2) is 0 Å². The molecule has 3 nitrogen and oxygen atoms in total. The number of carbonyl (C=O) groups excluding carboxylic acids is 1. The summed E-state index contributed by atoms with van der Waals surface area (Å²) in [6.45, 7) is 2.68. The van der Waals surface area contributed by atoms with E-state index in [2.05, 4.69) is 5.32 Å². The number of benzene rings is 1. The molecule has 1 aromatic carbocycles. The molecule has 0 spiro atoms. The third-order valence-corrected chi connectivity index (χ3v) is 4.92. The van der Waals surface area contributed by atoms with Gasteiger partial charge in [-0.3, -0.25) is 4.79 Å². The number of hydrogen-bond acceptors (Lipinski definition) is 2. The monoisotopic (exact) mass is 326 g/mol. The van der Waals surface area contributed by atoms with Crippen molar-refractivity contribution in [2.75, 3.05) is 19.6 Å². The molecular weight excluding hydrogens is 307 g/mol. The zero-order chi connectivity index (χ0) is 14.8. The summed E-state index contributed by atoms with van der Waals surface area (Å²) in [5, 5.41) is 4.34. The maximum Gasteiger partial charge on any atom is 0.255 e. The van der Waals surface area contributed by atoms with E-state index in [1.165, 1.54) is 12.8 Å². The van der Waals surface area contributed by atoms with Gasteiger partial charge in [0.05, 0.1) is 10.6 Å². The molecule has 3 rings (SSSR count). The lowest BCUT2D eigenvalue weighted by molar-refractivity contribution is 0.0687. The molecule has 114 valence electrons. The minimum atomic E-state index is 0.0333. The highest BCUT2D eigenvalue weighted by Crippen LogP contribution is 2.33. The molecule has 1 saturated carbocycles. The average molecular weight is 327 g/mol. The Balaban J connectivity index is 1.77. The van der Waals surface area contributed by atoms with Gasteiger partial charge in [0.2, 0.25) is 0 Å². The second kappa shape index (κ2) is 6.55. The molecule has 0 radical (unpaired) electrons. The molecule has 1 amide bonds. The lowest BCUT2D eigenvalue weighted by Crippen LogP contribution is -2.42. The Hall–Kier alpha value is -0.770. The molecule has 1 unspecified atom stereocenters. The van der Waals surface area contributed by atoms with Gasteiger partial charge in [0.1, 0.15) is 0 Å². The van der Waals surface area contributed by atoms with Crippen molar-refractivity contribution in [1.29, 1.82) is 0 Å². The van der Waals surface area contributed by atoms with Crippen LogP contribution in [0.4, 0.5) is 0 Å². The second-order valence-electron chi connectivity index (χ2n) is 6.00. The molecule has 1 saturated heterocycles. The Morgan fingerprint density at radius 1 is 1.29 bits per heavy atom. The molecule has 1 aromatic rings. The molecule has 2 fully saturated rings. The number of nitrogens with one attached hydrogen (secondary N) is 1. The molecular formula is C16H20Cl2N2O. The van der Waals surface area contributed by atoms with E-state index in [1.807, 2.05) is 4.90 Å². The van der Waals surface area contributed by atoms with Crippen molar-refractivity contribution in [2.45, 2.75) is 31.7 Å². The predicted octanol–water partition coefficient (Wildman–Crippen LogP) is 3.60. The summed E-state index contributed by atoms with van der Waals surface area (Å²) < 4.78 is 0. The van der Waals surface area contributed by atoms with E-state index >= 15 is 0 Å². The van der Waals surface area contributed by atoms with E-state index < -0.39 is 0 Å². The fourth-order valence-electron chi connectivity index (χ4n) is 2.90. The van der Waals surface area contributed by atoms with Gasteiger partial charge in [-0.05, 0) is 43.5 Å². The highest BCUT2D eigenvalue weighted by molar-refractivity contribution is 6.36. The van der Waals surface area contributed by atoms with Gasteiger partial charge in [-0.15, -0.1) is 0 Å². The zero-order valence-electron chi connectivity index (χ0n) is 11.9.